The third-order valence-electron chi connectivity index (χ3n) is 3.81. The van der Waals surface area contributed by atoms with Crippen molar-refractivity contribution < 1.29 is 29.3 Å². The van der Waals surface area contributed by atoms with Crippen LogP contribution < -0.4 is 5.32 Å². The van der Waals surface area contributed by atoms with E-state index in [9.17, 15) is 24.2 Å². The van der Waals surface area contributed by atoms with Crippen molar-refractivity contribution in [2.45, 2.75) is 18.7 Å². The van der Waals surface area contributed by atoms with Gasteiger partial charge in [0.25, 0.3) is 0 Å². The molecule has 0 spiro atoms. The summed E-state index contributed by atoms with van der Waals surface area (Å²) in [5.41, 5.74) is 1.39. The Labute approximate surface area is 170 Å². The van der Waals surface area contributed by atoms with Crippen LogP contribution in [-0.2, 0) is 0 Å². The van der Waals surface area contributed by atoms with Crippen molar-refractivity contribution in [2.75, 3.05) is 5.32 Å². The van der Waals surface area contributed by atoms with E-state index in [1.54, 1.807) is 24.3 Å². The first-order valence-corrected chi connectivity index (χ1v) is 10.7. The van der Waals surface area contributed by atoms with Gasteiger partial charge < -0.3 is 10.4 Å². The Morgan fingerprint density at radius 3 is 1.97 bits per heavy atom. The number of pyridine rings is 1. The monoisotopic (exact) mass is 446 g/mol. The fourth-order valence-electron chi connectivity index (χ4n) is 2.46. The number of carbonyl (C=O) groups is 1. The summed E-state index contributed by atoms with van der Waals surface area (Å²) in [5.74, 6) is -0.814. The van der Waals surface area contributed by atoms with Gasteiger partial charge in [0.2, 0.25) is 0 Å². The summed E-state index contributed by atoms with van der Waals surface area (Å²) >= 11 is 0. The molecule has 0 radical (unpaired) electrons. The number of hydrogen-bond donors (Lipinski definition) is 2. The lowest BCUT2D eigenvalue weighted by atomic mass is 10.0. The number of benzene rings is 2. The number of halogens is 5. The summed E-state index contributed by atoms with van der Waals surface area (Å²) in [6.45, 7) is 4.00. The normalized spacial score (nSPS) is 13.3. The molecule has 0 bridgehead atoms. The van der Waals surface area contributed by atoms with Gasteiger partial charge in [0.05, 0.1) is 5.56 Å². The molecule has 162 valence electrons. The van der Waals surface area contributed by atoms with E-state index in [1.807, 2.05) is 13.8 Å². The average molecular weight is 446 g/mol. The Kier molecular flexibility index (Phi) is 5.86. The Morgan fingerprint density at radius 2 is 1.47 bits per heavy atom. The molecule has 10 heteroatoms. The summed E-state index contributed by atoms with van der Waals surface area (Å²) in [6, 6.07) is 11.6. The summed E-state index contributed by atoms with van der Waals surface area (Å²) in [5, 5.41) is 11.7. The minimum Gasteiger partial charge on any atom is -0.478 e. The first-order chi connectivity index (χ1) is 13.8. The highest BCUT2D eigenvalue weighted by Gasteiger charge is 2.65. The molecule has 0 fully saturated rings. The van der Waals surface area contributed by atoms with Gasteiger partial charge in [-0.3, -0.25) is 0 Å². The van der Waals surface area contributed by atoms with E-state index in [-0.39, 0.29) is 17.1 Å². The second-order valence-corrected chi connectivity index (χ2v) is 8.31. The number of carboxylic acids is 1. The maximum absolute atomic E-state index is 12.8. The van der Waals surface area contributed by atoms with Gasteiger partial charge in [-0.15, -0.1) is 0 Å². The summed E-state index contributed by atoms with van der Waals surface area (Å²) in [6.07, 6.45) is 1.44. The number of rotatable bonds is 5. The van der Waals surface area contributed by atoms with Crippen LogP contribution in [-0.4, -0.2) is 16.1 Å². The number of nitrogens with zero attached hydrogens (tertiary/aromatic N) is 1. The molecule has 2 N–H and O–H groups in total. The second-order valence-electron chi connectivity index (χ2n) is 5.90. The van der Waals surface area contributed by atoms with E-state index >= 15 is 0 Å². The molecule has 0 aliphatic rings. The predicted octanol–water partition coefficient (Wildman–Crippen LogP) is 7.87. The van der Waals surface area contributed by atoms with Gasteiger partial charge in [0, 0.05) is 17.4 Å². The van der Waals surface area contributed by atoms with Crippen molar-refractivity contribution in [3.8, 4) is 11.1 Å². The van der Waals surface area contributed by atoms with Gasteiger partial charge in [-0.05, 0) is 54.1 Å². The van der Waals surface area contributed by atoms with Gasteiger partial charge in [0.15, 0.2) is 0 Å². The summed E-state index contributed by atoms with van der Waals surface area (Å²) in [7, 11) is -9.73. The molecule has 30 heavy (non-hydrogen) atoms. The van der Waals surface area contributed by atoms with Crippen molar-refractivity contribution in [1.82, 2.24) is 4.98 Å². The Hall–Kier alpha value is -3.14. The molecule has 3 rings (SSSR count). The van der Waals surface area contributed by atoms with Crippen LogP contribution in [0.25, 0.3) is 11.1 Å². The van der Waals surface area contributed by atoms with E-state index in [0.717, 1.165) is 12.1 Å². The van der Waals surface area contributed by atoms with E-state index < -0.39 is 21.1 Å². The molecule has 1 heterocycles. The van der Waals surface area contributed by atoms with E-state index in [4.69, 9.17) is 5.11 Å². The van der Waals surface area contributed by atoms with Gasteiger partial charge in [0.1, 0.15) is 10.7 Å². The van der Waals surface area contributed by atoms with Gasteiger partial charge in [-0.2, -0.15) is 0 Å². The quantitative estimate of drug-likeness (QED) is 0.392. The number of anilines is 2. The topological polar surface area (TPSA) is 62.2 Å². The largest absolute Gasteiger partial charge is 0.478 e. The van der Waals surface area contributed by atoms with Crippen molar-refractivity contribution in [3.05, 3.63) is 72.4 Å². The molecular formula is C20H19F5N2O2S. The van der Waals surface area contributed by atoms with Crippen LogP contribution in [0.15, 0.2) is 71.8 Å². The fourth-order valence-corrected chi connectivity index (χ4v) is 3.11. The smallest absolute Gasteiger partial charge is 0.335 e. The fraction of sp³-hybridized carbons (Fsp3) is 0.100. The Bertz CT molecular complexity index is 1040. The van der Waals surface area contributed by atoms with Crippen molar-refractivity contribution in [2.24, 2.45) is 0 Å². The van der Waals surface area contributed by atoms with Crippen LogP contribution in [0.3, 0.4) is 0 Å². The van der Waals surface area contributed by atoms with Crippen LogP contribution in [0.4, 0.5) is 30.9 Å². The van der Waals surface area contributed by atoms with Gasteiger partial charge in [-0.25, -0.2) is 9.78 Å². The van der Waals surface area contributed by atoms with Crippen LogP contribution in [0.2, 0.25) is 0 Å². The van der Waals surface area contributed by atoms with Crippen LogP contribution in [0.5, 0.6) is 0 Å². The van der Waals surface area contributed by atoms with E-state index in [1.165, 1.54) is 18.3 Å². The van der Waals surface area contributed by atoms with E-state index in [0.29, 0.717) is 23.3 Å². The first-order valence-electron chi connectivity index (χ1n) is 8.73. The lowest BCUT2D eigenvalue weighted by molar-refractivity contribution is 0.0697. The molecule has 3 aromatic rings. The maximum Gasteiger partial charge on any atom is 0.335 e. The van der Waals surface area contributed by atoms with Crippen LogP contribution in [0.1, 0.15) is 24.2 Å². The standard InChI is InChI=1S/C18H13F5N2O2S.C2H6/c19-28(20,21,22,23)15-9-7-14(8-10-15)25-17-16(2-1-11-24-17)12-3-5-13(6-4-12)18(26)27;1-2/h1-11H,(H,24,25)(H,26,27);1-2H3. The lowest BCUT2D eigenvalue weighted by Gasteiger charge is -2.40. The number of aromatic nitrogens is 1. The molecule has 0 atom stereocenters. The van der Waals surface area contributed by atoms with Crippen LogP contribution >= 0.6 is 10.2 Å². The number of carboxylic acid groups (broad SMARTS) is 1. The highest BCUT2D eigenvalue weighted by molar-refractivity contribution is 8.45. The number of nitrogens with one attached hydrogen (secondary N) is 1. The minimum atomic E-state index is -9.73. The molecule has 0 aliphatic carbocycles. The third kappa shape index (κ3) is 5.69. The molecular weight excluding hydrogens is 427 g/mol. The number of hydrogen-bond acceptors (Lipinski definition) is 3. The molecule has 1 aromatic heterocycles. The molecule has 0 saturated heterocycles. The number of aromatic carboxylic acids is 1. The Morgan fingerprint density at radius 1 is 0.900 bits per heavy atom. The van der Waals surface area contributed by atoms with Gasteiger partial charge in [-0.1, -0.05) is 45.4 Å². The Balaban J connectivity index is 0.00000155. The summed E-state index contributed by atoms with van der Waals surface area (Å²) < 4.78 is 64.0. The van der Waals surface area contributed by atoms with Crippen molar-refractivity contribution >= 4 is 27.7 Å². The molecule has 0 unspecified atom stereocenters. The van der Waals surface area contributed by atoms with Crippen molar-refractivity contribution in [3.63, 3.8) is 0 Å². The van der Waals surface area contributed by atoms with Gasteiger partial charge >= 0.3 is 16.2 Å². The SMILES string of the molecule is CC.O=C(O)c1ccc(-c2cccnc2Nc2ccc(S(F)(F)(F)(F)F)cc2)cc1. The van der Waals surface area contributed by atoms with Crippen molar-refractivity contribution in [1.29, 1.82) is 0 Å². The highest BCUT2D eigenvalue weighted by Crippen LogP contribution is 3.02. The zero-order valence-electron chi connectivity index (χ0n) is 16.0. The zero-order chi connectivity index (χ0) is 22.6. The maximum atomic E-state index is 12.8. The lowest BCUT2D eigenvalue weighted by Crippen LogP contribution is -2.06. The minimum absolute atomic E-state index is 0.0914. The predicted molar refractivity (Wildman–Crippen MR) is 109 cm³/mol. The first kappa shape index (κ1) is 23.1. The third-order valence-corrected chi connectivity index (χ3v) is 4.98. The second kappa shape index (κ2) is 7.60. The molecule has 0 amide bonds. The zero-order valence-corrected chi connectivity index (χ0v) is 16.8. The average Bonchev–Trinajstić information content (AvgIpc) is 2.69. The molecule has 0 aliphatic heterocycles. The molecule has 0 saturated carbocycles. The molecule has 2 aromatic carbocycles. The summed E-state index contributed by atoms with van der Waals surface area (Å²) in [4.78, 5) is 13.1. The van der Waals surface area contributed by atoms with E-state index in [2.05, 4.69) is 10.3 Å². The van der Waals surface area contributed by atoms with Crippen LogP contribution in [0, 0.1) is 0 Å². The molecule has 4 nitrogen and oxygen atoms in total. The highest BCUT2D eigenvalue weighted by atomic mass is 32.5.